The number of thiazole rings is 1. The fourth-order valence-electron chi connectivity index (χ4n) is 1.29. The lowest BCUT2D eigenvalue weighted by Crippen LogP contribution is -2.25. The second-order valence-corrected chi connectivity index (χ2v) is 7.58. The molecule has 0 saturated heterocycles. The molecule has 0 aliphatic heterocycles. The highest BCUT2D eigenvalue weighted by atomic mass is 32.2. The van der Waals surface area contributed by atoms with Crippen LogP contribution in [0.4, 0.5) is 10.9 Å². The number of nitrogen functional groups attached to an aromatic ring is 1. The molecule has 0 fully saturated rings. The van der Waals surface area contributed by atoms with E-state index in [1.165, 1.54) is 17.6 Å². The summed E-state index contributed by atoms with van der Waals surface area (Å²) in [5.41, 5.74) is 5.67. The number of hydrogen-bond donors (Lipinski definition) is 2. The van der Waals surface area contributed by atoms with Crippen molar-refractivity contribution in [3.05, 3.63) is 4.88 Å². The van der Waals surface area contributed by atoms with Gasteiger partial charge in [0.25, 0.3) is 5.91 Å². The maximum atomic E-state index is 11.8. The van der Waals surface area contributed by atoms with Gasteiger partial charge in [-0.2, -0.15) is 0 Å². The van der Waals surface area contributed by atoms with Crippen LogP contribution in [0.25, 0.3) is 0 Å². The van der Waals surface area contributed by atoms with Crippen molar-refractivity contribution in [3.8, 4) is 0 Å². The molecular formula is C10H18N4O3S2. The van der Waals surface area contributed by atoms with Gasteiger partial charge in [-0.25, -0.2) is 13.4 Å². The molecule has 3 N–H and O–H groups in total. The quantitative estimate of drug-likeness (QED) is 0.714. The van der Waals surface area contributed by atoms with Crippen molar-refractivity contribution in [2.45, 2.75) is 6.42 Å². The maximum absolute atomic E-state index is 11.8. The Morgan fingerprint density at radius 1 is 1.47 bits per heavy atom. The van der Waals surface area contributed by atoms with Gasteiger partial charge in [0.15, 0.2) is 5.13 Å². The van der Waals surface area contributed by atoms with Crippen molar-refractivity contribution in [1.82, 2.24) is 10.3 Å². The Bertz CT molecular complexity index is 551. The average molecular weight is 306 g/mol. The molecular weight excluding hydrogens is 288 g/mol. The molecule has 1 heterocycles. The van der Waals surface area contributed by atoms with E-state index < -0.39 is 9.84 Å². The first-order valence-electron chi connectivity index (χ1n) is 5.60. The van der Waals surface area contributed by atoms with Gasteiger partial charge in [0, 0.05) is 26.9 Å². The van der Waals surface area contributed by atoms with Gasteiger partial charge in [-0.15, -0.1) is 0 Å². The predicted octanol–water partition coefficient (Wildman–Crippen LogP) is -0.0442. The lowest BCUT2D eigenvalue weighted by molar-refractivity contribution is 0.0958. The summed E-state index contributed by atoms with van der Waals surface area (Å²) in [5.74, 6) is -0.0834. The van der Waals surface area contributed by atoms with Crippen LogP contribution in [0.5, 0.6) is 0 Å². The van der Waals surface area contributed by atoms with Crippen LogP contribution in [-0.4, -0.2) is 52.0 Å². The number of rotatable bonds is 6. The number of carbonyl (C=O) groups is 1. The molecule has 0 aliphatic rings. The third-order valence-electron chi connectivity index (χ3n) is 2.21. The highest BCUT2D eigenvalue weighted by molar-refractivity contribution is 7.90. The summed E-state index contributed by atoms with van der Waals surface area (Å²) in [6.45, 7) is 0.292. The fourth-order valence-corrected chi connectivity index (χ4v) is 2.78. The van der Waals surface area contributed by atoms with Gasteiger partial charge in [-0.05, 0) is 6.42 Å². The van der Waals surface area contributed by atoms with Crippen LogP contribution < -0.4 is 16.0 Å². The molecule has 0 aromatic carbocycles. The first kappa shape index (κ1) is 15.7. The molecule has 1 aromatic heterocycles. The summed E-state index contributed by atoms with van der Waals surface area (Å²) >= 11 is 1.20. The zero-order chi connectivity index (χ0) is 14.6. The molecule has 7 nitrogen and oxygen atoms in total. The van der Waals surface area contributed by atoms with Crippen molar-refractivity contribution in [1.29, 1.82) is 0 Å². The number of nitrogens with two attached hydrogens (primary N) is 1. The van der Waals surface area contributed by atoms with Crippen molar-refractivity contribution < 1.29 is 13.2 Å². The third kappa shape index (κ3) is 5.03. The minimum absolute atomic E-state index is 0.0500. The topological polar surface area (TPSA) is 105 Å². The van der Waals surface area contributed by atoms with Crippen LogP contribution in [0.1, 0.15) is 16.1 Å². The summed E-state index contributed by atoms with van der Waals surface area (Å²) < 4.78 is 21.9. The van der Waals surface area contributed by atoms with Gasteiger partial charge >= 0.3 is 0 Å². The van der Waals surface area contributed by atoms with Gasteiger partial charge < -0.3 is 16.0 Å². The first-order chi connectivity index (χ1) is 8.70. The van der Waals surface area contributed by atoms with Gasteiger partial charge in [0.2, 0.25) is 0 Å². The van der Waals surface area contributed by atoms with E-state index in [4.69, 9.17) is 5.73 Å². The number of sulfone groups is 1. The lowest BCUT2D eigenvalue weighted by Gasteiger charge is -2.05. The van der Waals surface area contributed by atoms with E-state index in [0.29, 0.717) is 23.0 Å². The second-order valence-electron chi connectivity index (χ2n) is 4.34. The van der Waals surface area contributed by atoms with Gasteiger partial charge in [-0.1, -0.05) is 11.3 Å². The zero-order valence-electron chi connectivity index (χ0n) is 11.1. The van der Waals surface area contributed by atoms with E-state index in [0.717, 1.165) is 0 Å². The fraction of sp³-hybridized carbons (Fsp3) is 0.600. The van der Waals surface area contributed by atoms with E-state index in [1.54, 1.807) is 4.90 Å². The minimum Gasteiger partial charge on any atom is -0.382 e. The Hall–Kier alpha value is -1.35. The molecule has 0 bridgehead atoms. The van der Waals surface area contributed by atoms with Gasteiger partial charge in [0.1, 0.15) is 20.5 Å². The number of aromatic nitrogens is 1. The van der Waals surface area contributed by atoms with E-state index >= 15 is 0 Å². The monoisotopic (exact) mass is 306 g/mol. The highest BCUT2D eigenvalue weighted by Crippen LogP contribution is 2.26. The summed E-state index contributed by atoms with van der Waals surface area (Å²) in [6.07, 6.45) is 1.54. The molecule has 0 spiro atoms. The molecule has 0 unspecified atom stereocenters. The van der Waals surface area contributed by atoms with E-state index in [-0.39, 0.29) is 17.5 Å². The molecule has 0 radical (unpaired) electrons. The van der Waals surface area contributed by atoms with Crippen LogP contribution >= 0.6 is 11.3 Å². The molecule has 0 aliphatic carbocycles. The van der Waals surface area contributed by atoms with Crippen LogP contribution in [0.3, 0.4) is 0 Å². The number of hydrogen-bond acceptors (Lipinski definition) is 7. The SMILES string of the molecule is CN(C)c1nc(N)c(C(=O)NCCCS(C)(=O)=O)s1. The Balaban J connectivity index is 2.54. The smallest absolute Gasteiger partial charge is 0.265 e. The third-order valence-corrected chi connectivity index (χ3v) is 4.48. The number of anilines is 2. The molecule has 0 saturated carbocycles. The number of nitrogens with one attached hydrogen (secondary N) is 1. The molecule has 1 aromatic rings. The molecule has 108 valence electrons. The summed E-state index contributed by atoms with van der Waals surface area (Å²) in [6, 6.07) is 0. The second kappa shape index (κ2) is 6.20. The summed E-state index contributed by atoms with van der Waals surface area (Å²) in [5, 5.41) is 3.28. The van der Waals surface area contributed by atoms with Gasteiger partial charge in [0.05, 0.1) is 5.75 Å². The van der Waals surface area contributed by atoms with Crippen molar-refractivity contribution in [2.24, 2.45) is 0 Å². The maximum Gasteiger partial charge on any atom is 0.265 e. The lowest BCUT2D eigenvalue weighted by atomic mass is 10.4. The van der Waals surface area contributed by atoms with Crippen molar-refractivity contribution in [3.63, 3.8) is 0 Å². The van der Waals surface area contributed by atoms with Crippen LogP contribution in [-0.2, 0) is 9.84 Å². The number of amides is 1. The highest BCUT2D eigenvalue weighted by Gasteiger charge is 2.16. The van der Waals surface area contributed by atoms with Crippen molar-refractivity contribution >= 4 is 38.0 Å². The standard InChI is InChI=1S/C10H18N4O3S2/c1-14(2)10-13-8(11)7(18-10)9(15)12-5-4-6-19(3,16)17/h4-6,11H2,1-3H3,(H,12,15). The molecule has 1 rings (SSSR count). The average Bonchev–Trinajstić information content (AvgIpc) is 2.65. The Morgan fingerprint density at radius 3 is 2.58 bits per heavy atom. The summed E-state index contributed by atoms with van der Waals surface area (Å²) in [4.78, 5) is 18.0. The summed E-state index contributed by atoms with van der Waals surface area (Å²) in [7, 11) is 0.629. The zero-order valence-corrected chi connectivity index (χ0v) is 12.8. The van der Waals surface area contributed by atoms with Crippen LogP contribution in [0.2, 0.25) is 0 Å². The Labute approximate surface area is 116 Å². The molecule has 1 amide bonds. The normalized spacial score (nSPS) is 11.3. The van der Waals surface area contributed by atoms with Crippen molar-refractivity contribution in [2.75, 3.05) is 43.3 Å². The molecule has 19 heavy (non-hydrogen) atoms. The number of nitrogens with zero attached hydrogens (tertiary/aromatic N) is 2. The van der Waals surface area contributed by atoms with Crippen LogP contribution in [0, 0.1) is 0 Å². The Kier molecular flexibility index (Phi) is 5.12. The minimum atomic E-state index is -2.99. The Morgan fingerprint density at radius 2 is 2.11 bits per heavy atom. The van der Waals surface area contributed by atoms with Crippen LogP contribution in [0.15, 0.2) is 0 Å². The predicted molar refractivity (Wildman–Crippen MR) is 77.5 cm³/mol. The largest absolute Gasteiger partial charge is 0.382 e. The van der Waals surface area contributed by atoms with E-state index in [2.05, 4.69) is 10.3 Å². The van der Waals surface area contributed by atoms with E-state index in [1.807, 2.05) is 14.1 Å². The molecule has 0 atom stereocenters. The van der Waals surface area contributed by atoms with E-state index in [9.17, 15) is 13.2 Å². The van der Waals surface area contributed by atoms with Gasteiger partial charge in [-0.3, -0.25) is 4.79 Å². The first-order valence-corrected chi connectivity index (χ1v) is 8.48. The number of carbonyl (C=O) groups excluding carboxylic acids is 1. The molecule has 9 heteroatoms.